The molecule has 2 radical (unpaired) electrons. The van der Waals surface area contributed by atoms with Gasteiger partial charge in [0.1, 0.15) is 0 Å². The normalized spacial score (nSPS) is 17.8. The van der Waals surface area contributed by atoms with Crippen molar-refractivity contribution >= 4 is 27.8 Å². The SMILES string of the molecule is [B][I-]Nc1ccc([C@H]2Nc3cc(F)cc4c(=O)[nH]nc(c34)C2c2ncnn2C)cc1. The van der Waals surface area contributed by atoms with E-state index < -0.39 is 32.6 Å². The van der Waals surface area contributed by atoms with Crippen LogP contribution >= 0.6 is 0 Å². The summed E-state index contributed by atoms with van der Waals surface area (Å²) in [6, 6.07) is 10.2. The Labute approximate surface area is 182 Å². The van der Waals surface area contributed by atoms with Crippen LogP contribution in [-0.2, 0) is 7.05 Å². The number of rotatable bonds is 4. The van der Waals surface area contributed by atoms with Crippen LogP contribution in [0, 0.1) is 5.82 Å². The number of aromatic nitrogens is 5. The average molecular weight is 514 g/mol. The van der Waals surface area contributed by atoms with Crippen LogP contribution in [0.2, 0.25) is 0 Å². The number of nitrogens with zero attached hydrogens (tertiary/aromatic N) is 4. The molecular weight excluding hydrogens is 499 g/mol. The van der Waals surface area contributed by atoms with Crippen molar-refractivity contribution in [2.24, 2.45) is 7.05 Å². The number of anilines is 2. The average Bonchev–Trinajstić information content (AvgIpc) is 3.16. The molecule has 0 spiro atoms. The molecule has 2 atom stereocenters. The second-order valence-electron chi connectivity index (χ2n) is 6.98. The molecule has 3 heterocycles. The summed E-state index contributed by atoms with van der Waals surface area (Å²) in [6.45, 7) is 0. The third-order valence-corrected chi connectivity index (χ3v) is 6.21. The summed E-state index contributed by atoms with van der Waals surface area (Å²) in [5, 5.41) is 15.3. The van der Waals surface area contributed by atoms with Crippen molar-refractivity contribution in [1.82, 2.24) is 25.0 Å². The summed E-state index contributed by atoms with van der Waals surface area (Å²) in [5.74, 6) is -0.163. The van der Waals surface area contributed by atoms with Crippen molar-refractivity contribution in [2.75, 3.05) is 8.85 Å². The van der Waals surface area contributed by atoms with Crippen molar-refractivity contribution < 1.29 is 25.7 Å². The van der Waals surface area contributed by atoms with E-state index >= 15 is 0 Å². The Morgan fingerprint density at radius 1 is 1.27 bits per heavy atom. The van der Waals surface area contributed by atoms with Gasteiger partial charge in [-0.25, -0.2) is 0 Å². The van der Waals surface area contributed by atoms with Crippen LogP contribution in [0.15, 0.2) is 47.5 Å². The van der Waals surface area contributed by atoms with Gasteiger partial charge in [0.2, 0.25) is 0 Å². The van der Waals surface area contributed by atoms with E-state index in [1.165, 1.54) is 18.5 Å². The molecule has 0 amide bonds. The molecule has 0 fully saturated rings. The summed E-state index contributed by atoms with van der Waals surface area (Å²) < 4.78 is 19.1. The maximum atomic E-state index is 14.3. The van der Waals surface area contributed by atoms with Crippen molar-refractivity contribution in [3.63, 3.8) is 0 Å². The van der Waals surface area contributed by atoms with Crippen LogP contribution < -0.4 is 35.7 Å². The van der Waals surface area contributed by atoms with Crippen molar-refractivity contribution in [1.29, 1.82) is 0 Å². The van der Waals surface area contributed by atoms with Crippen LogP contribution in [0.5, 0.6) is 0 Å². The van der Waals surface area contributed by atoms with Crippen LogP contribution in [0.4, 0.5) is 15.8 Å². The van der Waals surface area contributed by atoms with Gasteiger partial charge in [-0.3, -0.25) is 0 Å². The fourth-order valence-corrected chi connectivity index (χ4v) is 4.71. The standard InChI is InChI=1S/C19H15BFIN7O/c1-29-18(23-8-24-29)15-16(9-2-4-11(5-3-9)26-22-20)25-13-7-10(21)6-12-14(13)17(15)27-28-19(12)30/h2-8,15-16,25-26H,1H3,(H,28,30)/q-1/t15?,16-/m1/s1. The molecule has 30 heavy (non-hydrogen) atoms. The number of nitrogens with one attached hydrogen (secondary N) is 3. The van der Waals surface area contributed by atoms with Crippen LogP contribution in [0.3, 0.4) is 0 Å². The van der Waals surface area contributed by atoms with Gasteiger partial charge in [0.25, 0.3) is 0 Å². The molecular formula is C19H15BFIN7O-. The Kier molecular flexibility index (Phi) is 4.68. The molecule has 0 saturated heterocycles. The van der Waals surface area contributed by atoms with E-state index in [4.69, 9.17) is 5.70 Å². The molecule has 1 unspecified atom stereocenters. The number of benzene rings is 2. The van der Waals surface area contributed by atoms with Crippen LogP contribution in [0.25, 0.3) is 10.8 Å². The molecule has 2 aromatic carbocycles. The van der Waals surface area contributed by atoms with Gasteiger partial charge in [0, 0.05) is 0 Å². The van der Waals surface area contributed by atoms with Crippen LogP contribution in [0.1, 0.15) is 29.0 Å². The first kappa shape index (κ1) is 19.0. The summed E-state index contributed by atoms with van der Waals surface area (Å²) >= 11 is -0.578. The molecule has 0 aliphatic carbocycles. The van der Waals surface area contributed by atoms with Gasteiger partial charge in [-0.05, 0) is 0 Å². The number of aryl methyl sites for hydroxylation is 1. The number of H-pyrrole nitrogens is 1. The van der Waals surface area contributed by atoms with E-state index in [0.717, 1.165) is 11.3 Å². The van der Waals surface area contributed by atoms with E-state index in [1.54, 1.807) is 11.7 Å². The topological polar surface area (TPSA) is 101 Å². The van der Waals surface area contributed by atoms with Crippen molar-refractivity contribution in [3.05, 3.63) is 76.0 Å². The van der Waals surface area contributed by atoms with Gasteiger partial charge in [-0.1, -0.05) is 0 Å². The third-order valence-electron chi connectivity index (χ3n) is 5.28. The molecule has 4 aromatic rings. The van der Waals surface area contributed by atoms with Gasteiger partial charge >= 0.3 is 182 Å². The number of hydrogen-bond donors (Lipinski definition) is 3. The number of aromatic amines is 1. The Balaban J connectivity index is 1.74. The van der Waals surface area contributed by atoms with E-state index in [9.17, 15) is 9.18 Å². The zero-order valence-corrected chi connectivity index (χ0v) is 17.9. The molecule has 8 nitrogen and oxygen atoms in total. The quantitative estimate of drug-likeness (QED) is 0.184. The zero-order valence-electron chi connectivity index (χ0n) is 15.7. The summed E-state index contributed by atoms with van der Waals surface area (Å²) in [7, 11) is 1.81. The van der Waals surface area contributed by atoms with E-state index in [2.05, 4.69) is 29.1 Å². The summed E-state index contributed by atoms with van der Waals surface area (Å²) in [5.41, 5.74) is 8.27. The third kappa shape index (κ3) is 3.04. The fraction of sp³-hybridized carbons (Fsp3) is 0.158. The summed E-state index contributed by atoms with van der Waals surface area (Å²) in [6.07, 6.45) is 1.48. The van der Waals surface area contributed by atoms with Crippen molar-refractivity contribution in [3.8, 4) is 0 Å². The fourth-order valence-electron chi connectivity index (χ4n) is 3.99. The maximum absolute atomic E-state index is 14.3. The molecule has 1 aliphatic heterocycles. The first-order valence-electron chi connectivity index (χ1n) is 9.07. The van der Waals surface area contributed by atoms with Gasteiger partial charge in [0.15, 0.2) is 0 Å². The van der Waals surface area contributed by atoms with Gasteiger partial charge in [-0.15, -0.1) is 0 Å². The second-order valence-corrected chi connectivity index (χ2v) is 8.14. The summed E-state index contributed by atoms with van der Waals surface area (Å²) in [4.78, 5) is 16.8. The predicted octanol–water partition coefficient (Wildman–Crippen LogP) is -1.01. The molecule has 11 heteroatoms. The van der Waals surface area contributed by atoms with E-state index in [1.807, 2.05) is 24.3 Å². The Hall–Kier alpha value is -2.96. The first-order chi connectivity index (χ1) is 14.6. The minimum absolute atomic E-state index is 0.250. The molecule has 0 bridgehead atoms. The molecule has 5 rings (SSSR count). The minimum atomic E-state index is -0.578. The van der Waals surface area contributed by atoms with E-state index in [0.29, 0.717) is 22.6 Å². The Bertz CT molecular complexity index is 1310. The predicted molar refractivity (Wildman–Crippen MR) is 107 cm³/mol. The number of hydrogen-bond acceptors (Lipinski definition) is 6. The van der Waals surface area contributed by atoms with Gasteiger partial charge < -0.3 is 0 Å². The van der Waals surface area contributed by atoms with Gasteiger partial charge in [-0.2, -0.15) is 0 Å². The monoisotopic (exact) mass is 514 g/mol. The second kappa shape index (κ2) is 7.38. The number of halogens is 2. The Morgan fingerprint density at radius 2 is 2.07 bits per heavy atom. The van der Waals surface area contributed by atoms with Gasteiger partial charge in [0.05, 0.1) is 0 Å². The van der Waals surface area contributed by atoms with Crippen molar-refractivity contribution in [2.45, 2.75) is 12.0 Å². The molecule has 1 aliphatic rings. The van der Waals surface area contributed by atoms with Crippen LogP contribution in [-0.4, -0.2) is 30.7 Å². The molecule has 0 saturated carbocycles. The molecule has 150 valence electrons. The Morgan fingerprint density at radius 3 is 2.77 bits per heavy atom. The molecule has 2 aromatic heterocycles. The zero-order chi connectivity index (χ0) is 20.8. The molecule has 3 N–H and O–H groups in total. The first-order valence-corrected chi connectivity index (χ1v) is 11.4. The van der Waals surface area contributed by atoms with E-state index in [-0.39, 0.29) is 17.3 Å².